The molecule has 0 spiro atoms. The summed E-state index contributed by atoms with van der Waals surface area (Å²) in [6.07, 6.45) is 3.19. The molecule has 0 bridgehead atoms. The van der Waals surface area contributed by atoms with Crippen LogP contribution in [0, 0.1) is 6.92 Å². The van der Waals surface area contributed by atoms with E-state index in [0.717, 1.165) is 30.9 Å². The van der Waals surface area contributed by atoms with Crippen LogP contribution in [0.2, 0.25) is 0 Å². The minimum atomic E-state index is -0.485. The molecule has 1 amide bonds. The highest BCUT2D eigenvalue weighted by Crippen LogP contribution is 2.23. The molecule has 1 aliphatic heterocycles. The predicted octanol–water partition coefficient (Wildman–Crippen LogP) is 2.85. The molecule has 3 rings (SSSR count). The van der Waals surface area contributed by atoms with Gasteiger partial charge < -0.3 is 15.0 Å². The zero-order valence-electron chi connectivity index (χ0n) is 16.6. The number of hydrogen-bond acceptors (Lipinski definition) is 6. The fourth-order valence-corrected chi connectivity index (χ4v) is 3.25. The van der Waals surface area contributed by atoms with Gasteiger partial charge in [0.1, 0.15) is 5.60 Å². The summed E-state index contributed by atoms with van der Waals surface area (Å²) in [5, 5.41) is 16.0. The molecule has 2 aromatic rings. The third-order valence-corrected chi connectivity index (χ3v) is 4.48. The molecule has 0 radical (unpaired) electrons. The van der Waals surface area contributed by atoms with Crippen LogP contribution in [0.4, 0.5) is 10.6 Å². The zero-order valence-corrected chi connectivity index (χ0v) is 16.6. The number of amides is 1. The van der Waals surface area contributed by atoms with E-state index in [-0.39, 0.29) is 18.2 Å². The van der Waals surface area contributed by atoms with Crippen LogP contribution in [-0.4, -0.2) is 50.3 Å². The maximum absolute atomic E-state index is 12.0. The van der Waals surface area contributed by atoms with Crippen molar-refractivity contribution in [1.29, 1.82) is 0 Å². The zero-order chi connectivity index (χ0) is 19.6. The summed E-state index contributed by atoms with van der Waals surface area (Å²) < 4.78 is 7.06. The van der Waals surface area contributed by atoms with Crippen LogP contribution in [0.1, 0.15) is 46.2 Å². The average Bonchev–Trinajstić information content (AvgIpc) is 3.00. The SMILES string of the molecule is Cc1ccn(-c2ccc(N3CCC(NC(=O)OC(C)(C)C)CC3C)nn2)n1. The summed E-state index contributed by atoms with van der Waals surface area (Å²) in [4.78, 5) is 14.2. The van der Waals surface area contributed by atoms with Crippen molar-refractivity contribution in [2.75, 3.05) is 11.4 Å². The molecule has 27 heavy (non-hydrogen) atoms. The molecule has 2 unspecified atom stereocenters. The van der Waals surface area contributed by atoms with Crippen molar-refractivity contribution in [2.24, 2.45) is 0 Å². The number of rotatable bonds is 3. The molecule has 8 heteroatoms. The van der Waals surface area contributed by atoms with Gasteiger partial charge in [-0.1, -0.05) is 0 Å². The minimum absolute atomic E-state index is 0.102. The highest BCUT2D eigenvalue weighted by atomic mass is 16.6. The number of hydrogen-bond donors (Lipinski definition) is 1. The number of nitrogens with one attached hydrogen (secondary N) is 1. The van der Waals surface area contributed by atoms with Gasteiger partial charge in [0.2, 0.25) is 0 Å². The molecule has 0 aliphatic carbocycles. The summed E-state index contributed by atoms with van der Waals surface area (Å²) in [5.74, 6) is 1.53. The highest BCUT2D eigenvalue weighted by Gasteiger charge is 2.28. The Morgan fingerprint density at radius 1 is 1.22 bits per heavy atom. The fraction of sp³-hybridized carbons (Fsp3) is 0.579. The van der Waals surface area contributed by atoms with Crippen molar-refractivity contribution in [1.82, 2.24) is 25.3 Å². The van der Waals surface area contributed by atoms with Gasteiger partial charge in [0.15, 0.2) is 11.6 Å². The molecule has 1 saturated heterocycles. The standard InChI is InChI=1S/C19H28N6O2/c1-13-8-11-25(23-13)17-7-6-16(21-22-17)24-10-9-15(12-14(24)2)20-18(26)27-19(3,4)5/h6-8,11,14-15H,9-10,12H2,1-5H3,(H,20,26). The largest absolute Gasteiger partial charge is 0.444 e. The lowest BCUT2D eigenvalue weighted by Crippen LogP contribution is -2.50. The Balaban J connectivity index is 1.59. The second kappa shape index (κ2) is 7.54. The summed E-state index contributed by atoms with van der Waals surface area (Å²) in [7, 11) is 0. The molecule has 0 saturated carbocycles. The highest BCUT2D eigenvalue weighted by molar-refractivity contribution is 5.68. The van der Waals surface area contributed by atoms with Crippen LogP contribution in [0.3, 0.4) is 0 Å². The Morgan fingerprint density at radius 3 is 2.48 bits per heavy atom. The minimum Gasteiger partial charge on any atom is -0.444 e. The molecule has 2 atom stereocenters. The lowest BCUT2D eigenvalue weighted by Gasteiger charge is -2.38. The van der Waals surface area contributed by atoms with Gasteiger partial charge in [0.05, 0.1) is 5.69 Å². The number of aryl methyl sites for hydroxylation is 1. The van der Waals surface area contributed by atoms with Crippen LogP contribution < -0.4 is 10.2 Å². The van der Waals surface area contributed by atoms with Gasteiger partial charge in [0.25, 0.3) is 0 Å². The van der Waals surface area contributed by atoms with Gasteiger partial charge in [-0.05, 0) is 65.7 Å². The first-order chi connectivity index (χ1) is 12.7. The van der Waals surface area contributed by atoms with Crippen molar-refractivity contribution < 1.29 is 9.53 Å². The predicted molar refractivity (Wildman–Crippen MR) is 103 cm³/mol. The third-order valence-electron chi connectivity index (χ3n) is 4.48. The van der Waals surface area contributed by atoms with Crippen LogP contribution >= 0.6 is 0 Å². The number of alkyl carbamates (subject to hydrolysis) is 1. The van der Waals surface area contributed by atoms with E-state index in [0.29, 0.717) is 5.82 Å². The number of carbonyl (C=O) groups is 1. The molecule has 1 fully saturated rings. The van der Waals surface area contributed by atoms with Crippen LogP contribution in [0.25, 0.3) is 5.82 Å². The summed E-state index contributed by atoms with van der Waals surface area (Å²) in [5.41, 5.74) is 0.454. The monoisotopic (exact) mass is 372 g/mol. The molecule has 146 valence electrons. The molecular formula is C19H28N6O2. The Bertz CT molecular complexity index is 780. The quantitative estimate of drug-likeness (QED) is 0.892. The van der Waals surface area contributed by atoms with Gasteiger partial charge in [-0.2, -0.15) is 5.10 Å². The van der Waals surface area contributed by atoms with Gasteiger partial charge >= 0.3 is 6.09 Å². The summed E-state index contributed by atoms with van der Waals surface area (Å²) in [6, 6.07) is 6.17. The van der Waals surface area contributed by atoms with E-state index >= 15 is 0 Å². The first-order valence-electron chi connectivity index (χ1n) is 9.34. The average molecular weight is 372 g/mol. The van der Waals surface area contributed by atoms with Crippen molar-refractivity contribution in [3.63, 3.8) is 0 Å². The number of piperidine rings is 1. The topological polar surface area (TPSA) is 85.2 Å². The van der Waals surface area contributed by atoms with Gasteiger partial charge in [-0.15, -0.1) is 10.2 Å². The number of nitrogens with zero attached hydrogens (tertiary/aromatic N) is 5. The van der Waals surface area contributed by atoms with E-state index in [2.05, 4.69) is 32.4 Å². The van der Waals surface area contributed by atoms with Crippen molar-refractivity contribution in [2.45, 2.75) is 65.1 Å². The molecule has 3 heterocycles. The number of anilines is 1. The first kappa shape index (κ1) is 19.1. The van der Waals surface area contributed by atoms with Crippen LogP contribution in [0.15, 0.2) is 24.4 Å². The van der Waals surface area contributed by atoms with E-state index < -0.39 is 5.60 Å². The van der Waals surface area contributed by atoms with Crippen LogP contribution in [0.5, 0.6) is 0 Å². The second-order valence-corrected chi connectivity index (χ2v) is 8.06. The third kappa shape index (κ3) is 4.96. The summed E-state index contributed by atoms with van der Waals surface area (Å²) in [6.45, 7) is 10.5. The van der Waals surface area contributed by atoms with Crippen LogP contribution in [-0.2, 0) is 4.74 Å². The summed E-state index contributed by atoms with van der Waals surface area (Å²) >= 11 is 0. The maximum atomic E-state index is 12.0. The lowest BCUT2D eigenvalue weighted by molar-refractivity contribution is 0.0494. The Hall–Kier alpha value is -2.64. The van der Waals surface area contributed by atoms with Crippen molar-refractivity contribution in [3.8, 4) is 5.82 Å². The molecular weight excluding hydrogens is 344 g/mol. The van der Waals surface area contributed by atoms with Gasteiger partial charge in [-0.25, -0.2) is 9.48 Å². The smallest absolute Gasteiger partial charge is 0.407 e. The lowest BCUT2D eigenvalue weighted by atomic mass is 9.98. The molecule has 2 aromatic heterocycles. The molecule has 0 aromatic carbocycles. The number of aromatic nitrogens is 4. The maximum Gasteiger partial charge on any atom is 0.407 e. The fourth-order valence-electron chi connectivity index (χ4n) is 3.25. The first-order valence-corrected chi connectivity index (χ1v) is 9.34. The van der Waals surface area contributed by atoms with Crippen molar-refractivity contribution in [3.05, 3.63) is 30.1 Å². The normalized spacial score (nSPS) is 20.4. The molecule has 1 N–H and O–H groups in total. The van der Waals surface area contributed by atoms with E-state index in [1.54, 1.807) is 4.68 Å². The Kier molecular flexibility index (Phi) is 5.34. The van der Waals surface area contributed by atoms with E-state index in [9.17, 15) is 4.79 Å². The van der Waals surface area contributed by atoms with Crippen molar-refractivity contribution >= 4 is 11.9 Å². The van der Waals surface area contributed by atoms with E-state index in [1.165, 1.54) is 0 Å². The number of ether oxygens (including phenoxy) is 1. The number of carbonyl (C=O) groups excluding carboxylic acids is 1. The van der Waals surface area contributed by atoms with E-state index in [4.69, 9.17) is 4.74 Å². The Labute approximate surface area is 159 Å². The van der Waals surface area contributed by atoms with E-state index in [1.807, 2.05) is 52.1 Å². The van der Waals surface area contributed by atoms with Gasteiger partial charge in [-0.3, -0.25) is 0 Å². The molecule has 8 nitrogen and oxygen atoms in total. The molecule has 1 aliphatic rings. The van der Waals surface area contributed by atoms with Gasteiger partial charge in [0, 0.05) is 24.8 Å². The Morgan fingerprint density at radius 2 is 1.93 bits per heavy atom. The second-order valence-electron chi connectivity index (χ2n) is 8.06.